The molecule has 3 rings (SSSR count). The number of carbonyl (C=O) groups is 1. The fourth-order valence-electron chi connectivity index (χ4n) is 2.64. The van der Waals surface area contributed by atoms with Gasteiger partial charge in [0.15, 0.2) is 5.43 Å². The van der Waals surface area contributed by atoms with Crippen molar-refractivity contribution < 1.29 is 4.79 Å². The molecule has 0 unspecified atom stereocenters. The molecule has 1 aromatic heterocycles. The van der Waals surface area contributed by atoms with E-state index in [1.165, 1.54) is 6.07 Å². The fraction of sp³-hybridized carbons (Fsp3) is 0.333. The Kier molecular flexibility index (Phi) is 3.28. The zero-order valence-electron chi connectivity index (χ0n) is 11.4. The molecule has 2 aromatic rings. The van der Waals surface area contributed by atoms with Crippen LogP contribution in [-0.2, 0) is 0 Å². The summed E-state index contributed by atoms with van der Waals surface area (Å²) >= 11 is 0. The number of hydrogen-bond donors (Lipinski definition) is 2. The number of H-pyrrole nitrogens is 1. The highest BCUT2D eigenvalue weighted by atomic mass is 16.2. The third-order valence-electron chi connectivity index (χ3n) is 3.70. The Morgan fingerprint density at radius 3 is 2.75 bits per heavy atom. The summed E-state index contributed by atoms with van der Waals surface area (Å²) in [5.41, 5.74) is 1.91. The summed E-state index contributed by atoms with van der Waals surface area (Å²) < 4.78 is 0. The van der Waals surface area contributed by atoms with Gasteiger partial charge in [0.05, 0.1) is 5.52 Å². The van der Waals surface area contributed by atoms with Gasteiger partial charge in [-0.05, 0) is 18.6 Å². The van der Waals surface area contributed by atoms with Gasteiger partial charge in [-0.1, -0.05) is 12.1 Å². The lowest BCUT2D eigenvalue weighted by Crippen LogP contribution is -2.46. The highest BCUT2D eigenvalue weighted by Gasteiger charge is 2.19. The van der Waals surface area contributed by atoms with Gasteiger partial charge in [-0.3, -0.25) is 9.59 Å². The largest absolute Gasteiger partial charge is 0.350 e. The molecule has 1 fully saturated rings. The number of carbonyl (C=O) groups excluding carboxylic acids is 1. The quantitative estimate of drug-likeness (QED) is 0.809. The summed E-state index contributed by atoms with van der Waals surface area (Å²) in [6, 6.07) is 7.03. The Morgan fingerprint density at radius 1 is 1.25 bits per heavy atom. The topological polar surface area (TPSA) is 65.2 Å². The molecule has 0 saturated carbocycles. The van der Waals surface area contributed by atoms with Gasteiger partial charge in [-0.2, -0.15) is 0 Å². The van der Waals surface area contributed by atoms with Crippen LogP contribution in [0.4, 0.5) is 0 Å². The average molecular weight is 271 g/mol. The third kappa shape index (κ3) is 2.20. The summed E-state index contributed by atoms with van der Waals surface area (Å²) in [7, 11) is 0. The molecule has 0 spiro atoms. The van der Waals surface area contributed by atoms with E-state index in [1.807, 2.05) is 25.1 Å². The molecule has 1 saturated heterocycles. The predicted octanol–water partition coefficient (Wildman–Crippen LogP) is 0.882. The zero-order valence-corrected chi connectivity index (χ0v) is 11.4. The summed E-state index contributed by atoms with van der Waals surface area (Å²) in [5, 5.41) is 3.86. The Bertz CT molecular complexity index is 715. The second-order valence-corrected chi connectivity index (χ2v) is 5.09. The maximum Gasteiger partial charge on any atom is 0.270 e. The fourth-order valence-corrected chi connectivity index (χ4v) is 2.64. The maximum absolute atomic E-state index is 12.4. The van der Waals surface area contributed by atoms with Crippen molar-refractivity contribution in [2.24, 2.45) is 0 Å². The lowest BCUT2D eigenvalue weighted by molar-refractivity contribution is 0.0730. The standard InChI is InChI=1S/C15H17N3O2/c1-10-3-2-4-11-14(10)13(19)9-12(17-11)15(20)18-7-5-16-6-8-18/h2-4,9,16H,5-8H2,1H3,(H,17,19). The van der Waals surface area contributed by atoms with Crippen LogP contribution in [0, 0.1) is 6.92 Å². The van der Waals surface area contributed by atoms with Gasteiger partial charge >= 0.3 is 0 Å². The Balaban J connectivity index is 2.04. The van der Waals surface area contributed by atoms with Crippen LogP contribution in [0.15, 0.2) is 29.1 Å². The van der Waals surface area contributed by atoms with Crippen molar-refractivity contribution in [3.63, 3.8) is 0 Å². The van der Waals surface area contributed by atoms with Crippen LogP contribution in [0.25, 0.3) is 10.9 Å². The second kappa shape index (κ2) is 5.09. The lowest BCUT2D eigenvalue weighted by atomic mass is 10.1. The van der Waals surface area contributed by atoms with Crippen molar-refractivity contribution in [3.05, 3.63) is 45.7 Å². The molecule has 104 valence electrons. The monoisotopic (exact) mass is 271 g/mol. The molecule has 1 aliphatic rings. The van der Waals surface area contributed by atoms with Gasteiger partial charge in [0, 0.05) is 37.6 Å². The van der Waals surface area contributed by atoms with E-state index in [9.17, 15) is 9.59 Å². The zero-order chi connectivity index (χ0) is 14.1. The van der Waals surface area contributed by atoms with Gasteiger partial charge in [-0.15, -0.1) is 0 Å². The molecule has 0 atom stereocenters. The molecule has 2 N–H and O–H groups in total. The predicted molar refractivity (Wildman–Crippen MR) is 78.1 cm³/mol. The minimum absolute atomic E-state index is 0.102. The summed E-state index contributed by atoms with van der Waals surface area (Å²) in [5.74, 6) is -0.105. The van der Waals surface area contributed by atoms with Crippen LogP contribution in [0.2, 0.25) is 0 Å². The number of pyridine rings is 1. The number of aromatic nitrogens is 1. The SMILES string of the molecule is Cc1cccc2[nH]c(C(=O)N3CCNCC3)cc(=O)c12. The first-order valence-corrected chi connectivity index (χ1v) is 6.79. The number of piperazine rings is 1. The van der Waals surface area contributed by atoms with Crippen molar-refractivity contribution in [2.45, 2.75) is 6.92 Å². The smallest absolute Gasteiger partial charge is 0.270 e. The van der Waals surface area contributed by atoms with Gasteiger partial charge in [0.1, 0.15) is 5.69 Å². The highest BCUT2D eigenvalue weighted by Crippen LogP contribution is 2.13. The van der Waals surface area contributed by atoms with Gasteiger partial charge in [-0.25, -0.2) is 0 Å². The second-order valence-electron chi connectivity index (χ2n) is 5.09. The first-order chi connectivity index (χ1) is 9.66. The summed E-state index contributed by atoms with van der Waals surface area (Å²) in [6.45, 7) is 4.83. The van der Waals surface area contributed by atoms with Crippen molar-refractivity contribution >= 4 is 16.8 Å². The van der Waals surface area contributed by atoms with Gasteiger partial charge in [0.2, 0.25) is 0 Å². The average Bonchev–Trinajstić information content (AvgIpc) is 2.47. The number of rotatable bonds is 1. The van der Waals surface area contributed by atoms with Crippen molar-refractivity contribution in [1.29, 1.82) is 0 Å². The van der Waals surface area contributed by atoms with Gasteiger partial charge < -0.3 is 15.2 Å². The van der Waals surface area contributed by atoms with Crippen LogP contribution < -0.4 is 10.7 Å². The molecular formula is C15H17N3O2. The molecule has 0 aliphatic carbocycles. The molecule has 20 heavy (non-hydrogen) atoms. The molecule has 1 aromatic carbocycles. The number of fused-ring (bicyclic) bond motifs is 1. The number of nitrogens with zero attached hydrogens (tertiary/aromatic N) is 1. The highest BCUT2D eigenvalue weighted by molar-refractivity contribution is 5.95. The molecule has 0 radical (unpaired) electrons. The van der Waals surface area contributed by atoms with E-state index < -0.39 is 0 Å². The summed E-state index contributed by atoms with van der Waals surface area (Å²) in [4.78, 5) is 29.5. The maximum atomic E-state index is 12.4. The number of amides is 1. The van der Waals surface area contributed by atoms with Crippen molar-refractivity contribution in [2.75, 3.05) is 26.2 Å². The van der Waals surface area contributed by atoms with E-state index in [0.29, 0.717) is 24.2 Å². The lowest BCUT2D eigenvalue weighted by Gasteiger charge is -2.27. The summed E-state index contributed by atoms with van der Waals surface area (Å²) in [6.07, 6.45) is 0. The van der Waals surface area contributed by atoms with Crippen LogP contribution in [-0.4, -0.2) is 42.0 Å². The van der Waals surface area contributed by atoms with Crippen molar-refractivity contribution in [1.82, 2.24) is 15.2 Å². The molecule has 1 amide bonds. The van der Waals surface area contributed by atoms with Crippen LogP contribution >= 0.6 is 0 Å². The molecule has 0 bridgehead atoms. The van der Waals surface area contributed by atoms with E-state index in [0.717, 1.165) is 24.2 Å². The Hall–Kier alpha value is -2.14. The number of benzene rings is 1. The van der Waals surface area contributed by atoms with Crippen LogP contribution in [0.3, 0.4) is 0 Å². The molecule has 2 heterocycles. The number of nitrogens with one attached hydrogen (secondary N) is 2. The van der Waals surface area contributed by atoms with Crippen molar-refractivity contribution in [3.8, 4) is 0 Å². The molecule has 5 heteroatoms. The first kappa shape index (κ1) is 12.9. The minimum Gasteiger partial charge on any atom is -0.350 e. The van der Waals surface area contributed by atoms with Crippen LogP contribution in [0.1, 0.15) is 16.1 Å². The van der Waals surface area contributed by atoms with E-state index in [1.54, 1.807) is 4.90 Å². The molecular weight excluding hydrogens is 254 g/mol. The third-order valence-corrected chi connectivity index (χ3v) is 3.70. The normalized spacial score (nSPS) is 15.6. The number of aromatic amines is 1. The minimum atomic E-state index is -0.105. The Labute approximate surface area is 116 Å². The number of aryl methyl sites for hydroxylation is 1. The van der Waals surface area contributed by atoms with Crippen LogP contribution in [0.5, 0.6) is 0 Å². The van der Waals surface area contributed by atoms with E-state index in [-0.39, 0.29) is 11.3 Å². The molecule has 5 nitrogen and oxygen atoms in total. The Morgan fingerprint density at radius 2 is 2.00 bits per heavy atom. The van der Waals surface area contributed by atoms with E-state index in [2.05, 4.69) is 10.3 Å². The van der Waals surface area contributed by atoms with E-state index >= 15 is 0 Å². The molecule has 1 aliphatic heterocycles. The van der Waals surface area contributed by atoms with Gasteiger partial charge in [0.25, 0.3) is 5.91 Å². The first-order valence-electron chi connectivity index (χ1n) is 6.79. The number of hydrogen-bond acceptors (Lipinski definition) is 3. The van der Waals surface area contributed by atoms with E-state index in [4.69, 9.17) is 0 Å².